The van der Waals surface area contributed by atoms with E-state index in [9.17, 15) is 4.79 Å². The van der Waals surface area contributed by atoms with E-state index in [2.05, 4.69) is 12.0 Å². The lowest BCUT2D eigenvalue weighted by atomic mass is 10.1. The molecule has 1 amide bonds. The summed E-state index contributed by atoms with van der Waals surface area (Å²) in [5.41, 5.74) is 4.34. The smallest absolute Gasteiger partial charge is 0.223 e. The number of aromatic nitrogens is 2. The molecule has 0 aliphatic carbocycles. The molecule has 0 saturated carbocycles. The summed E-state index contributed by atoms with van der Waals surface area (Å²) in [7, 11) is 0. The average Bonchev–Trinajstić information content (AvgIpc) is 2.88. The predicted octanol–water partition coefficient (Wildman–Crippen LogP) is 2.67. The molecule has 1 aromatic carbocycles. The van der Waals surface area contributed by atoms with E-state index in [1.54, 1.807) is 0 Å². The largest absolute Gasteiger partial charge is 0.377 e. The summed E-state index contributed by atoms with van der Waals surface area (Å²) >= 11 is 0. The van der Waals surface area contributed by atoms with Crippen molar-refractivity contribution in [3.63, 3.8) is 0 Å². The Morgan fingerprint density at radius 2 is 2.04 bits per heavy atom. The maximum Gasteiger partial charge on any atom is 0.223 e. The molecule has 1 atom stereocenters. The van der Waals surface area contributed by atoms with Gasteiger partial charge in [0.25, 0.3) is 0 Å². The Bertz CT molecular complexity index is 709. The first-order valence-electron chi connectivity index (χ1n) is 8.55. The molecule has 0 bridgehead atoms. The van der Waals surface area contributed by atoms with Crippen molar-refractivity contribution < 1.29 is 9.53 Å². The lowest BCUT2D eigenvalue weighted by molar-refractivity contribution is -0.139. The normalized spacial score (nSPS) is 18.0. The molecular formula is C19H25N3O2. The average molecular weight is 327 g/mol. The van der Waals surface area contributed by atoms with E-state index < -0.39 is 0 Å². The molecule has 24 heavy (non-hydrogen) atoms. The van der Waals surface area contributed by atoms with Crippen molar-refractivity contribution in [2.75, 3.05) is 19.8 Å². The van der Waals surface area contributed by atoms with E-state index in [4.69, 9.17) is 4.74 Å². The van der Waals surface area contributed by atoms with Crippen molar-refractivity contribution in [3.8, 4) is 5.69 Å². The number of hydrogen-bond donors (Lipinski definition) is 0. The minimum Gasteiger partial charge on any atom is -0.377 e. The number of amides is 1. The summed E-state index contributed by atoms with van der Waals surface area (Å²) in [4.78, 5) is 14.5. The number of nitrogens with zero attached hydrogens (tertiary/aromatic N) is 3. The first kappa shape index (κ1) is 16.7. The van der Waals surface area contributed by atoms with Gasteiger partial charge in [0.2, 0.25) is 5.91 Å². The fourth-order valence-electron chi connectivity index (χ4n) is 3.33. The van der Waals surface area contributed by atoms with Gasteiger partial charge in [-0.25, -0.2) is 4.68 Å². The zero-order valence-corrected chi connectivity index (χ0v) is 14.7. The third-order valence-electron chi connectivity index (χ3n) is 4.72. The topological polar surface area (TPSA) is 47.4 Å². The summed E-state index contributed by atoms with van der Waals surface area (Å²) in [6, 6.07) is 10.3. The molecule has 0 radical (unpaired) electrons. The SMILES string of the molecule is Cc1nn(-c2ccccc2)c(C)c1CCC(=O)N1CCOC[C@H]1C. The van der Waals surface area contributed by atoms with Crippen LogP contribution in [0.15, 0.2) is 30.3 Å². The Morgan fingerprint density at radius 1 is 1.29 bits per heavy atom. The van der Waals surface area contributed by atoms with Crippen LogP contribution in [-0.2, 0) is 16.0 Å². The molecule has 1 aliphatic heterocycles. The van der Waals surface area contributed by atoms with Crippen molar-refractivity contribution in [2.45, 2.75) is 39.7 Å². The molecule has 2 aromatic rings. The summed E-state index contributed by atoms with van der Waals surface area (Å²) in [6.45, 7) is 8.10. The van der Waals surface area contributed by atoms with Gasteiger partial charge in [0, 0.05) is 18.7 Å². The number of ether oxygens (including phenoxy) is 1. The highest BCUT2D eigenvalue weighted by molar-refractivity contribution is 5.77. The van der Waals surface area contributed by atoms with Crippen LogP contribution in [0.25, 0.3) is 5.69 Å². The molecule has 0 spiro atoms. The van der Waals surface area contributed by atoms with Crippen LogP contribution in [0.5, 0.6) is 0 Å². The number of rotatable bonds is 4. The fourth-order valence-corrected chi connectivity index (χ4v) is 3.33. The van der Waals surface area contributed by atoms with E-state index in [0.717, 1.165) is 23.5 Å². The zero-order valence-electron chi connectivity index (χ0n) is 14.7. The number of benzene rings is 1. The van der Waals surface area contributed by atoms with Crippen molar-refractivity contribution in [1.82, 2.24) is 14.7 Å². The van der Waals surface area contributed by atoms with Gasteiger partial charge in [-0.15, -0.1) is 0 Å². The zero-order chi connectivity index (χ0) is 17.1. The van der Waals surface area contributed by atoms with Gasteiger partial charge in [-0.1, -0.05) is 18.2 Å². The molecule has 0 unspecified atom stereocenters. The summed E-state index contributed by atoms with van der Waals surface area (Å²) in [5.74, 6) is 0.206. The second-order valence-corrected chi connectivity index (χ2v) is 6.41. The molecule has 0 N–H and O–H groups in total. The first-order valence-corrected chi connectivity index (χ1v) is 8.55. The number of carbonyl (C=O) groups excluding carboxylic acids is 1. The molecule has 5 nitrogen and oxygen atoms in total. The molecule has 1 fully saturated rings. The standard InChI is InChI=1S/C19H25N3O2/c1-14-13-24-12-11-21(14)19(23)10-9-18-15(2)20-22(16(18)3)17-7-5-4-6-8-17/h4-8,14H,9-13H2,1-3H3/t14-/m1/s1. The molecule has 2 heterocycles. The van der Waals surface area contributed by atoms with Crippen molar-refractivity contribution in [3.05, 3.63) is 47.3 Å². The molecule has 1 saturated heterocycles. The second kappa shape index (κ2) is 7.18. The Morgan fingerprint density at radius 3 is 2.75 bits per heavy atom. The number of aryl methyl sites for hydroxylation is 1. The van der Waals surface area contributed by atoms with Gasteiger partial charge >= 0.3 is 0 Å². The molecule has 128 valence electrons. The van der Waals surface area contributed by atoms with Gasteiger partial charge in [0.1, 0.15) is 0 Å². The van der Waals surface area contributed by atoms with Crippen LogP contribution >= 0.6 is 0 Å². The van der Waals surface area contributed by atoms with Crippen LogP contribution in [0, 0.1) is 13.8 Å². The lowest BCUT2D eigenvalue weighted by Gasteiger charge is -2.33. The van der Waals surface area contributed by atoms with Crippen LogP contribution in [0.2, 0.25) is 0 Å². The first-order chi connectivity index (χ1) is 11.6. The third kappa shape index (κ3) is 3.36. The van der Waals surface area contributed by atoms with Crippen molar-refractivity contribution >= 4 is 5.91 Å². The van der Waals surface area contributed by atoms with Gasteiger partial charge in [-0.05, 0) is 44.9 Å². The van der Waals surface area contributed by atoms with Gasteiger partial charge in [0.15, 0.2) is 0 Å². The van der Waals surface area contributed by atoms with Crippen LogP contribution in [0.4, 0.5) is 0 Å². The van der Waals surface area contributed by atoms with E-state index in [1.165, 1.54) is 5.56 Å². The quantitative estimate of drug-likeness (QED) is 0.867. The maximum atomic E-state index is 12.5. The van der Waals surface area contributed by atoms with E-state index in [0.29, 0.717) is 26.2 Å². The molecular weight excluding hydrogens is 302 g/mol. The summed E-state index contributed by atoms with van der Waals surface area (Å²) in [5, 5.41) is 4.66. The number of carbonyl (C=O) groups is 1. The monoisotopic (exact) mass is 327 g/mol. The van der Waals surface area contributed by atoms with Crippen LogP contribution in [-0.4, -0.2) is 46.4 Å². The van der Waals surface area contributed by atoms with Crippen molar-refractivity contribution in [1.29, 1.82) is 0 Å². The highest BCUT2D eigenvalue weighted by Gasteiger charge is 2.24. The molecule has 3 rings (SSSR count). The number of hydrogen-bond acceptors (Lipinski definition) is 3. The minimum absolute atomic E-state index is 0.167. The van der Waals surface area contributed by atoms with Crippen LogP contribution in [0.1, 0.15) is 30.3 Å². The van der Waals surface area contributed by atoms with E-state index in [1.807, 2.05) is 53.8 Å². The Labute approximate surface area is 143 Å². The third-order valence-corrected chi connectivity index (χ3v) is 4.72. The van der Waals surface area contributed by atoms with Crippen molar-refractivity contribution in [2.24, 2.45) is 0 Å². The van der Waals surface area contributed by atoms with Gasteiger partial charge in [-0.2, -0.15) is 5.10 Å². The maximum absolute atomic E-state index is 12.5. The summed E-state index contributed by atoms with van der Waals surface area (Å²) in [6.07, 6.45) is 1.25. The fraction of sp³-hybridized carbons (Fsp3) is 0.474. The van der Waals surface area contributed by atoms with E-state index in [-0.39, 0.29) is 11.9 Å². The predicted molar refractivity (Wildman–Crippen MR) is 93.4 cm³/mol. The highest BCUT2D eigenvalue weighted by atomic mass is 16.5. The molecule has 1 aliphatic rings. The summed E-state index contributed by atoms with van der Waals surface area (Å²) < 4.78 is 7.37. The highest BCUT2D eigenvalue weighted by Crippen LogP contribution is 2.20. The number of para-hydroxylation sites is 1. The minimum atomic E-state index is 0.167. The van der Waals surface area contributed by atoms with E-state index >= 15 is 0 Å². The van der Waals surface area contributed by atoms with Gasteiger partial charge in [-0.3, -0.25) is 4.79 Å². The van der Waals surface area contributed by atoms with Gasteiger partial charge < -0.3 is 9.64 Å². The number of morpholine rings is 1. The van der Waals surface area contributed by atoms with Crippen LogP contribution < -0.4 is 0 Å². The lowest BCUT2D eigenvalue weighted by Crippen LogP contribution is -2.47. The Kier molecular flexibility index (Phi) is 5.00. The second-order valence-electron chi connectivity index (χ2n) is 6.41. The Hall–Kier alpha value is -2.14. The Balaban J connectivity index is 1.72. The molecule has 1 aromatic heterocycles. The van der Waals surface area contributed by atoms with Crippen LogP contribution in [0.3, 0.4) is 0 Å². The molecule has 5 heteroatoms. The van der Waals surface area contributed by atoms with Gasteiger partial charge in [0.05, 0.1) is 30.6 Å².